The predicted octanol–water partition coefficient (Wildman–Crippen LogP) is 1.18. The van der Waals surface area contributed by atoms with Gasteiger partial charge in [0.25, 0.3) is 10.1 Å². The fraction of sp³-hybridized carbons (Fsp3) is 1.00. The second kappa shape index (κ2) is 7.76. The van der Waals surface area contributed by atoms with Crippen LogP contribution in [-0.2, 0) is 10.1 Å². The van der Waals surface area contributed by atoms with E-state index in [0.717, 1.165) is 12.8 Å². The number of hydrogen-bond acceptors (Lipinski definition) is 2. The van der Waals surface area contributed by atoms with E-state index in [4.69, 9.17) is 4.55 Å². The Hall–Kier alpha value is 1.39. The standard InChI is InChI=1S/C6H13BrO3S.Na.H/c1-2-3-6(7)4-5-11(8,9)10;;/h6H,2-5H2,1H3,(H,8,9,10);;. The van der Waals surface area contributed by atoms with Crippen LogP contribution in [0, 0.1) is 0 Å². The molecule has 1 N–H and O–H groups in total. The molecule has 0 bridgehead atoms. The van der Waals surface area contributed by atoms with Crippen LogP contribution in [0.2, 0.25) is 0 Å². The number of hydrogen-bond donors (Lipinski definition) is 1. The van der Waals surface area contributed by atoms with Crippen LogP contribution in [0.1, 0.15) is 26.2 Å². The van der Waals surface area contributed by atoms with Gasteiger partial charge < -0.3 is 0 Å². The summed E-state index contributed by atoms with van der Waals surface area (Å²) in [7, 11) is -3.77. The molecular weight excluding hydrogens is 255 g/mol. The van der Waals surface area contributed by atoms with E-state index in [1.807, 2.05) is 6.92 Å². The molecule has 1 unspecified atom stereocenters. The Morgan fingerprint density at radius 3 is 2.25 bits per heavy atom. The molecule has 70 valence electrons. The molecule has 1 atom stereocenters. The van der Waals surface area contributed by atoms with Crippen LogP contribution in [0.5, 0.6) is 0 Å². The Balaban J connectivity index is 0. The molecule has 0 spiro atoms. The van der Waals surface area contributed by atoms with E-state index in [-0.39, 0.29) is 40.1 Å². The quantitative estimate of drug-likeness (QED) is 0.463. The molecule has 0 radical (unpaired) electrons. The molecule has 0 heterocycles. The molecule has 0 aromatic rings. The van der Waals surface area contributed by atoms with Gasteiger partial charge in [0, 0.05) is 4.83 Å². The van der Waals surface area contributed by atoms with Crippen molar-refractivity contribution in [1.29, 1.82) is 0 Å². The van der Waals surface area contributed by atoms with Gasteiger partial charge in [-0.2, -0.15) is 8.42 Å². The van der Waals surface area contributed by atoms with E-state index < -0.39 is 10.1 Å². The fourth-order valence-corrected chi connectivity index (χ4v) is 2.31. The van der Waals surface area contributed by atoms with E-state index in [0.29, 0.717) is 6.42 Å². The van der Waals surface area contributed by atoms with Crippen molar-refractivity contribution in [2.45, 2.75) is 31.0 Å². The molecule has 0 amide bonds. The molecular formula is C6H14BrNaO3S. The summed E-state index contributed by atoms with van der Waals surface area (Å²) in [5.41, 5.74) is 0. The van der Waals surface area contributed by atoms with Crippen LogP contribution in [0.4, 0.5) is 0 Å². The van der Waals surface area contributed by atoms with Gasteiger partial charge in [-0.15, -0.1) is 0 Å². The predicted molar refractivity (Wildman–Crippen MR) is 55.8 cm³/mol. The molecule has 0 aromatic carbocycles. The number of rotatable bonds is 5. The van der Waals surface area contributed by atoms with Crippen LogP contribution >= 0.6 is 15.9 Å². The van der Waals surface area contributed by atoms with Crippen LogP contribution in [0.3, 0.4) is 0 Å². The summed E-state index contributed by atoms with van der Waals surface area (Å²) >= 11 is 3.32. The average Bonchev–Trinajstić information content (AvgIpc) is 1.83. The summed E-state index contributed by atoms with van der Waals surface area (Å²) in [6.07, 6.45) is 2.43. The number of alkyl halides is 1. The Kier molecular flexibility index (Phi) is 10.2. The first-order valence-electron chi connectivity index (χ1n) is 3.55. The van der Waals surface area contributed by atoms with Crippen molar-refractivity contribution in [2.75, 3.05) is 5.75 Å². The maximum absolute atomic E-state index is 10.3. The van der Waals surface area contributed by atoms with Gasteiger partial charge >= 0.3 is 29.6 Å². The molecule has 0 aliphatic rings. The van der Waals surface area contributed by atoms with E-state index >= 15 is 0 Å². The van der Waals surface area contributed by atoms with Crippen LogP contribution in [-0.4, -0.2) is 53.1 Å². The van der Waals surface area contributed by atoms with Crippen molar-refractivity contribution in [3.63, 3.8) is 0 Å². The first kappa shape index (κ1) is 15.8. The van der Waals surface area contributed by atoms with Crippen molar-refractivity contribution in [1.82, 2.24) is 0 Å². The minimum absolute atomic E-state index is 0. The summed E-state index contributed by atoms with van der Waals surface area (Å²) in [6, 6.07) is 0. The van der Waals surface area contributed by atoms with Gasteiger partial charge in [-0.25, -0.2) is 0 Å². The second-order valence-corrected chi connectivity index (χ2v) is 5.33. The van der Waals surface area contributed by atoms with Gasteiger partial charge in [0.05, 0.1) is 5.75 Å². The SMILES string of the molecule is CCCC(Br)CCS(=O)(=O)O.[NaH]. The molecule has 0 aromatic heterocycles. The third-order valence-electron chi connectivity index (χ3n) is 1.29. The van der Waals surface area contributed by atoms with Crippen molar-refractivity contribution in [2.24, 2.45) is 0 Å². The zero-order valence-corrected chi connectivity index (χ0v) is 8.86. The zero-order chi connectivity index (χ0) is 8.91. The van der Waals surface area contributed by atoms with E-state index in [2.05, 4.69) is 15.9 Å². The molecule has 0 saturated heterocycles. The minimum atomic E-state index is -3.77. The first-order valence-corrected chi connectivity index (χ1v) is 6.07. The summed E-state index contributed by atoms with van der Waals surface area (Å²) in [6.45, 7) is 2.03. The summed E-state index contributed by atoms with van der Waals surface area (Å²) in [5, 5.41) is 0. The molecule has 0 rings (SSSR count). The van der Waals surface area contributed by atoms with Gasteiger partial charge in [0.2, 0.25) is 0 Å². The first-order chi connectivity index (χ1) is 4.95. The summed E-state index contributed by atoms with van der Waals surface area (Å²) in [5.74, 6) is -0.150. The van der Waals surface area contributed by atoms with Crippen molar-refractivity contribution in [3.05, 3.63) is 0 Å². The summed E-state index contributed by atoms with van der Waals surface area (Å²) in [4.78, 5) is 0.203. The van der Waals surface area contributed by atoms with Gasteiger partial charge in [0.1, 0.15) is 0 Å². The number of halogens is 1. The Labute approximate surface area is 104 Å². The molecule has 0 saturated carbocycles. The van der Waals surface area contributed by atoms with Gasteiger partial charge in [-0.3, -0.25) is 4.55 Å². The van der Waals surface area contributed by atoms with E-state index in [1.165, 1.54) is 0 Å². The molecule has 3 nitrogen and oxygen atoms in total. The Morgan fingerprint density at radius 1 is 1.42 bits per heavy atom. The Morgan fingerprint density at radius 2 is 1.92 bits per heavy atom. The van der Waals surface area contributed by atoms with Crippen LogP contribution < -0.4 is 0 Å². The van der Waals surface area contributed by atoms with Crippen molar-refractivity contribution < 1.29 is 13.0 Å². The van der Waals surface area contributed by atoms with Crippen LogP contribution in [0.15, 0.2) is 0 Å². The molecule has 0 aliphatic carbocycles. The van der Waals surface area contributed by atoms with Gasteiger partial charge in [0.15, 0.2) is 0 Å². The molecule has 6 heteroatoms. The topological polar surface area (TPSA) is 54.4 Å². The monoisotopic (exact) mass is 268 g/mol. The van der Waals surface area contributed by atoms with Crippen molar-refractivity contribution in [3.8, 4) is 0 Å². The molecule has 0 aliphatic heterocycles. The fourth-order valence-electron chi connectivity index (χ4n) is 0.734. The van der Waals surface area contributed by atoms with Crippen molar-refractivity contribution >= 4 is 55.6 Å². The second-order valence-electron chi connectivity index (χ2n) is 2.46. The molecule has 12 heavy (non-hydrogen) atoms. The average molecular weight is 269 g/mol. The third kappa shape index (κ3) is 11.4. The van der Waals surface area contributed by atoms with Crippen LogP contribution in [0.25, 0.3) is 0 Å². The third-order valence-corrected chi connectivity index (χ3v) is 2.96. The summed E-state index contributed by atoms with van der Waals surface area (Å²) < 4.78 is 28.9. The zero-order valence-electron chi connectivity index (χ0n) is 6.46. The molecule has 0 fully saturated rings. The van der Waals surface area contributed by atoms with Gasteiger partial charge in [-0.1, -0.05) is 29.3 Å². The maximum atomic E-state index is 10.3. The van der Waals surface area contributed by atoms with E-state index in [9.17, 15) is 8.42 Å². The van der Waals surface area contributed by atoms with Gasteiger partial charge in [-0.05, 0) is 12.8 Å². The van der Waals surface area contributed by atoms with E-state index in [1.54, 1.807) is 0 Å². The normalized spacial score (nSPS) is 13.6. The Bertz CT molecular complexity index is 193.